The highest BCUT2D eigenvalue weighted by atomic mass is 16.7. The molecule has 0 spiro atoms. The van der Waals surface area contributed by atoms with Crippen LogP contribution >= 0.6 is 0 Å². The third kappa shape index (κ3) is 9.96. The largest absolute Gasteiger partial charge is 0.465 e. The lowest BCUT2D eigenvalue weighted by molar-refractivity contribution is -0.140. The number of amidine groups is 1. The average Bonchev–Trinajstić information content (AvgIpc) is 3.22. The fraction of sp³-hybridized carbons (Fsp3) is 0.408. The zero-order valence-electron chi connectivity index (χ0n) is 37.2. The minimum absolute atomic E-state index is 0.107. The molecule has 0 radical (unpaired) electrons. The van der Waals surface area contributed by atoms with Crippen molar-refractivity contribution in [2.75, 3.05) is 40.3 Å². The van der Waals surface area contributed by atoms with Gasteiger partial charge in [0.1, 0.15) is 17.9 Å². The number of nitrogens with one attached hydrogen (secondary N) is 2. The first-order valence-corrected chi connectivity index (χ1v) is 21.1. The van der Waals surface area contributed by atoms with Crippen molar-refractivity contribution in [1.82, 2.24) is 0 Å². The van der Waals surface area contributed by atoms with Gasteiger partial charge in [-0.3, -0.25) is 19.3 Å². The second kappa shape index (κ2) is 19.5. The summed E-state index contributed by atoms with van der Waals surface area (Å²) in [5.41, 5.74) is 5.42. The Morgan fingerprint density at radius 1 is 0.867 bits per heavy atom. The molecule has 4 aromatic carbocycles. The molecule has 1 unspecified atom stereocenters. The van der Waals surface area contributed by atoms with Crippen LogP contribution in [0.25, 0.3) is 0 Å². The van der Waals surface area contributed by atoms with Crippen LogP contribution in [0.3, 0.4) is 0 Å². The van der Waals surface area contributed by atoms with Gasteiger partial charge < -0.3 is 25.0 Å². The van der Waals surface area contributed by atoms with Crippen LogP contribution in [-0.4, -0.2) is 55.4 Å². The standard InChI is InChI=1S/C49H62N6O5/c1-12-42(60-41-27-22-32(6)28-38(41)48(9,10)11)59-31-50-35-24-23-33(7)40(30-35)52-45(56)43(51-39-26-25-37(29-34(39)8)54(15-4)16-5)44-53-46(57)49(13-2,14-3)47(58)55(44)36-20-18-17-19-21-36/h17-30,42,50H,12-16,31H2,1-11H3,(H,52,56)/b51-43-. The summed E-state index contributed by atoms with van der Waals surface area (Å²) in [5, 5.41) is 6.35. The molecule has 4 aromatic rings. The Morgan fingerprint density at radius 3 is 2.18 bits per heavy atom. The molecule has 318 valence electrons. The van der Waals surface area contributed by atoms with E-state index in [4.69, 9.17) is 14.5 Å². The highest BCUT2D eigenvalue weighted by molar-refractivity contribution is 6.73. The molecule has 5 rings (SSSR count). The summed E-state index contributed by atoms with van der Waals surface area (Å²) in [6, 6.07) is 26.6. The number of aliphatic imine (C=N–C) groups is 2. The molecule has 11 heteroatoms. The molecule has 60 heavy (non-hydrogen) atoms. The van der Waals surface area contributed by atoms with Gasteiger partial charge in [-0.1, -0.05) is 83.5 Å². The Hall–Kier alpha value is -5.81. The average molecular weight is 815 g/mol. The number of ether oxygens (including phenoxy) is 2. The van der Waals surface area contributed by atoms with E-state index in [0.717, 1.165) is 41.2 Å². The van der Waals surface area contributed by atoms with Crippen molar-refractivity contribution >= 4 is 57.7 Å². The van der Waals surface area contributed by atoms with Gasteiger partial charge in [-0.15, -0.1) is 0 Å². The van der Waals surface area contributed by atoms with E-state index in [1.165, 1.54) is 10.5 Å². The quantitative estimate of drug-likeness (QED) is 0.0618. The van der Waals surface area contributed by atoms with Crippen molar-refractivity contribution in [3.63, 3.8) is 0 Å². The monoisotopic (exact) mass is 814 g/mol. The molecule has 1 aliphatic rings. The molecule has 1 heterocycles. The van der Waals surface area contributed by atoms with E-state index in [1.54, 1.807) is 24.3 Å². The minimum atomic E-state index is -1.38. The first kappa shape index (κ1) is 45.3. The van der Waals surface area contributed by atoms with E-state index >= 15 is 0 Å². The zero-order valence-corrected chi connectivity index (χ0v) is 37.2. The van der Waals surface area contributed by atoms with E-state index in [9.17, 15) is 14.4 Å². The van der Waals surface area contributed by atoms with Crippen LogP contribution in [0.5, 0.6) is 5.75 Å². The van der Waals surface area contributed by atoms with E-state index in [2.05, 4.69) is 68.1 Å². The molecule has 1 atom stereocenters. The molecule has 0 aliphatic carbocycles. The third-order valence-corrected chi connectivity index (χ3v) is 11.2. The predicted molar refractivity (Wildman–Crippen MR) is 245 cm³/mol. The number of para-hydroxylation sites is 1. The van der Waals surface area contributed by atoms with Gasteiger partial charge in [0.2, 0.25) is 12.2 Å². The summed E-state index contributed by atoms with van der Waals surface area (Å²) in [6.45, 7) is 24.0. The Labute approximate surface area is 356 Å². The summed E-state index contributed by atoms with van der Waals surface area (Å²) >= 11 is 0. The van der Waals surface area contributed by atoms with E-state index in [1.807, 2.05) is 89.2 Å². The lowest BCUT2D eigenvalue weighted by atomic mass is 9.78. The lowest BCUT2D eigenvalue weighted by Crippen LogP contribution is -2.58. The zero-order chi connectivity index (χ0) is 43.8. The fourth-order valence-electron chi connectivity index (χ4n) is 7.33. The van der Waals surface area contributed by atoms with E-state index < -0.39 is 29.4 Å². The molecule has 1 aliphatic heterocycles. The Kier molecular flexibility index (Phi) is 14.7. The van der Waals surface area contributed by atoms with Crippen LogP contribution in [0.1, 0.15) is 96.9 Å². The maximum absolute atomic E-state index is 14.7. The molecule has 11 nitrogen and oxygen atoms in total. The summed E-state index contributed by atoms with van der Waals surface area (Å²) in [6.07, 6.45) is 0.635. The van der Waals surface area contributed by atoms with Gasteiger partial charge in [-0.2, -0.15) is 4.99 Å². The van der Waals surface area contributed by atoms with Crippen molar-refractivity contribution in [3.8, 4) is 5.75 Å². The summed E-state index contributed by atoms with van der Waals surface area (Å²) in [4.78, 5) is 56.3. The molecular weight excluding hydrogens is 753 g/mol. The molecule has 0 saturated heterocycles. The van der Waals surface area contributed by atoms with Gasteiger partial charge >= 0.3 is 0 Å². The topological polar surface area (TPSA) is 125 Å². The van der Waals surface area contributed by atoms with E-state index in [0.29, 0.717) is 29.2 Å². The number of benzene rings is 4. The minimum Gasteiger partial charge on any atom is -0.465 e. The Morgan fingerprint density at radius 2 is 1.57 bits per heavy atom. The van der Waals surface area contributed by atoms with Crippen molar-refractivity contribution < 1.29 is 23.9 Å². The van der Waals surface area contributed by atoms with Gasteiger partial charge in [0.05, 0.1) is 11.4 Å². The predicted octanol–water partition coefficient (Wildman–Crippen LogP) is 10.4. The normalized spacial score (nSPS) is 14.8. The number of aryl methyl sites for hydroxylation is 3. The highest BCUT2D eigenvalue weighted by Crippen LogP contribution is 2.38. The van der Waals surface area contributed by atoms with Gasteiger partial charge in [0.15, 0.2) is 11.5 Å². The maximum Gasteiger partial charge on any atom is 0.278 e. The van der Waals surface area contributed by atoms with Crippen LogP contribution < -0.4 is 25.2 Å². The lowest BCUT2D eigenvalue weighted by Gasteiger charge is -2.38. The number of rotatable bonds is 17. The second-order valence-electron chi connectivity index (χ2n) is 16.3. The number of nitrogens with zero attached hydrogens (tertiary/aromatic N) is 4. The number of hydrogen-bond acceptors (Lipinski definition) is 8. The van der Waals surface area contributed by atoms with E-state index in [-0.39, 0.29) is 36.5 Å². The fourth-order valence-corrected chi connectivity index (χ4v) is 7.33. The molecule has 0 saturated carbocycles. The van der Waals surface area contributed by atoms with Crippen LogP contribution in [0.15, 0.2) is 94.9 Å². The number of carbonyl (C=O) groups is 3. The molecule has 0 aromatic heterocycles. The molecule has 3 amide bonds. The summed E-state index contributed by atoms with van der Waals surface area (Å²) in [7, 11) is 0. The van der Waals surface area contributed by atoms with Gasteiger partial charge in [0, 0.05) is 36.6 Å². The number of carbonyl (C=O) groups excluding carboxylic acids is 3. The number of hydrogen-bond donors (Lipinski definition) is 2. The van der Waals surface area contributed by atoms with Crippen LogP contribution in [-0.2, 0) is 24.5 Å². The number of anilines is 4. The molecular formula is C49H62N6O5. The smallest absolute Gasteiger partial charge is 0.278 e. The van der Waals surface area contributed by atoms with Crippen LogP contribution in [0.2, 0.25) is 0 Å². The highest BCUT2D eigenvalue weighted by Gasteiger charge is 2.51. The van der Waals surface area contributed by atoms with Crippen molar-refractivity contribution in [2.24, 2.45) is 15.4 Å². The first-order chi connectivity index (χ1) is 28.6. The SMILES string of the molecule is CCC(OCNc1ccc(C)c(NC(=O)/C(=N\c2ccc(N(CC)CC)cc2C)C2=NC(=O)C(CC)(CC)C(=O)N2c2ccccc2)c1)Oc1ccc(C)cc1C(C)(C)C. The second-order valence-corrected chi connectivity index (χ2v) is 16.3. The van der Waals surface area contributed by atoms with Crippen molar-refractivity contribution in [1.29, 1.82) is 0 Å². The summed E-state index contributed by atoms with van der Waals surface area (Å²) < 4.78 is 12.5. The molecule has 0 fully saturated rings. The maximum atomic E-state index is 14.7. The van der Waals surface area contributed by atoms with Crippen molar-refractivity contribution in [2.45, 2.75) is 107 Å². The Bertz CT molecular complexity index is 2230. The van der Waals surface area contributed by atoms with Gasteiger partial charge in [-0.25, -0.2) is 4.99 Å². The van der Waals surface area contributed by atoms with Crippen LogP contribution in [0, 0.1) is 26.2 Å². The Balaban J connectivity index is 1.49. The first-order valence-electron chi connectivity index (χ1n) is 21.1. The van der Waals surface area contributed by atoms with Crippen molar-refractivity contribution in [3.05, 3.63) is 107 Å². The van der Waals surface area contributed by atoms with Gasteiger partial charge in [0.25, 0.3) is 11.8 Å². The number of amides is 3. The third-order valence-electron chi connectivity index (χ3n) is 11.2. The summed E-state index contributed by atoms with van der Waals surface area (Å²) in [5.74, 6) is -1.02. The molecule has 2 N–H and O–H groups in total. The van der Waals surface area contributed by atoms with Gasteiger partial charge in [-0.05, 0) is 118 Å². The molecule has 0 bridgehead atoms. The van der Waals surface area contributed by atoms with Crippen LogP contribution in [0.4, 0.5) is 28.4 Å².